The van der Waals surface area contributed by atoms with E-state index in [1.165, 1.54) is 33.1 Å². The number of carbonyl (C=O) groups is 3. The monoisotopic (exact) mass is 577 g/mol. The number of tetrazole rings is 1. The molecule has 3 N–H and O–H groups in total. The number of rotatable bonds is 7. The zero-order valence-corrected chi connectivity index (χ0v) is 20.8. The maximum Gasteiger partial charge on any atom is 0.352 e. The molecule has 3 atom stereocenters. The number of benzene rings is 1. The summed E-state index contributed by atoms with van der Waals surface area (Å²) in [5.74, 6) is -1.84. The molecule has 2 aliphatic heterocycles. The number of carboxylic acid groups (broad SMARTS) is 1. The Kier molecular flexibility index (Phi) is 6.48. The summed E-state index contributed by atoms with van der Waals surface area (Å²) < 4.78 is 1.83. The van der Waals surface area contributed by atoms with Crippen LogP contribution in [0.3, 0.4) is 0 Å². The van der Waals surface area contributed by atoms with E-state index in [1.54, 1.807) is 36.4 Å². The molecule has 15 heteroatoms. The molecule has 1 fully saturated rings. The molecule has 1 saturated heterocycles. The van der Waals surface area contributed by atoms with Gasteiger partial charge in [0.05, 0.1) is 0 Å². The number of carbonyl (C=O) groups excluding carboxylic acids is 2. The largest absolute Gasteiger partial charge is 0.477 e. The molecule has 35 heavy (non-hydrogen) atoms. The lowest BCUT2D eigenvalue weighted by Crippen LogP contribution is -2.70. The van der Waals surface area contributed by atoms with Crippen LogP contribution in [0.15, 0.2) is 57.2 Å². The number of β-lactam (4-membered cyclic amide) rings is 1. The van der Waals surface area contributed by atoms with Gasteiger partial charge in [0, 0.05) is 21.5 Å². The number of amides is 2. The van der Waals surface area contributed by atoms with Crippen LogP contribution in [0.25, 0.3) is 5.65 Å². The van der Waals surface area contributed by atoms with Crippen LogP contribution in [0.2, 0.25) is 0 Å². The molecule has 0 spiro atoms. The fourth-order valence-electron chi connectivity index (χ4n) is 3.74. The quantitative estimate of drug-likeness (QED) is 0.269. The van der Waals surface area contributed by atoms with Crippen molar-refractivity contribution in [3.8, 4) is 0 Å². The molecule has 2 unspecified atom stereocenters. The lowest BCUT2D eigenvalue weighted by molar-refractivity contribution is -0.151. The van der Waals surface area contributed by atoms with Crippen molar-refractivity contribution in [2.45, 2.75) is 22.5 Å². The highest BCUT2D eigenvalue weighted by atomic mass is 79.9. The van der Waals surface area contributed by atoms with Gasteiger partial charge >= 0.3 is 5.97 Å². The second-order valence-electron chi connectivity index (χ2n) is 7.56. The summed E-state index contributed by atoms with van der Waals surface area (Å²) in [5.41, 5.74) is 1.32. The zero-order chi connectivity index (χ0) is 24.7. The fourth-order valence-corrected chi connectivity index (χ4v) is 6.57. The van der Waals surface area contributed by atoms with Crippen molar-refractivity contribution >= 4 is 62.9 Å². The highest BCUT2D eigenvalue weighted by Gasteiger charge is 2.54. The molecule has 2 amide bonds. The summed E-state index contributed by atoms with van der Waals surface area (Å²) in [7, 11) is 0. The molecule has 4 heterocycles. The molecular formula is C20H16BrN7O5S2. The van der Waals surface area contributed by atoms with Crippen molar-refractivity contribution in [3.05, 3.63) is 57.7 Å². The lowest BCUT2D eigenvalue weighted by atomic mass is 10.0. The Hall–Kier alpha value is -3.01. The number of nitrogens with one attached hydrogen (secondary N) is 1. The summed E-state index contributed by atoms with van der Waals surface area (Å²) in [5, 5.41) is 38.2. The number of thioether (sulfide) groups is 2. The highest BCUT2D eigenvalue weighted by Crippen LogP contribution is 2.41. The molecule has 0 radical (unpaired) electrons. The summed E-state index contributed by atoms with van der Waals surface area (Å²) in [4.78, 5) is 38.7. The second-order valence-corrected chi connectivity index (χ2v) is 10.5. The summed E-state index contributed by atoms with van der Waals surface area (Å²) in [6.07, 6.45) is -1.48. The average Bonchev–Trinajstić information content (AvgIpc) is 3.33. The van der Waals surface area contributed by atoms with Crippen LogP contribution < -0.4 is 5.32 Å². The number of halogens is 1. The van der Waals surface area contributed by atoms with Crippen LogP contribution in [0, 0.1) is 0 Å². The number of aliphatic carboxylic acids is 1. The minimum absolute atomic E-state index is 0.0911. The van der Waals surface area contributed by atoms with E-state index in [2.05, 4.69) is 41.9 Å². The topological polar surface area (TPSA) is 163 Å². The Morgan fingerprint density at radius 3 is 2.86 bits per heavy atom. The molecule has 180 valence electrons. The Morgan fingerprint density at radius 1 is 1.29 bits per heavy atom. The number of hydrogen-bond acceptors (Lipinski definition) is 10. The Balaban J connectivity index is 1.29. The van der Waals surface area contributed by atoms with Gasteiger partial charge in [0.15, 0.2) is 11.8 Å². The Labute approximate surface area is 214 Å². The van der Waals surface area contributed by atoms with Crippen molar-refractivity contribution < 1.29 is 24.6 Å². The second kappa shape index (κ2) is 9.56. The SMILES string of the molecule is O=C(O)C1=C(CSc2ccc3nnnn3n2)CS[C@H]2C(NC(=O)C(O)c3ccccc3Br)C(=O)N12. The van der Waals surface area contributed by atoms with E-state index < -0.39 is 35.3 Å². The molecular weight excluding hydrogens is 562 g/mol. The number of carboxylic acids is 1. The average molecular weight is 578 g/mol. The predicted molar refractivity (Wildman–Crippen MR) is 128 cm³/mol. The summed E-state index contributed by atoms with van der Waals surface area (Å²) in [6.45, 7) is 0. The number of fused-ring (bicyclic) bond motifs is 2. The molecule has 3 aromatic rings. The summed E-state index contributed by atoms with van der Waals surface area (Å²) in [6, 6.07) is 9.22. The van der Waals surface area contributed by atoms with E-state index in [4.69, 9.17) is 0 Å². The zero-order valence-electron chi connectivity index (χ0n) is 17.6. The molecule has 5 rings (SSSR count). The maximum absolute atomic E-state index is 12.9. The highest BCUT2D eigenvalue weighted by molar-refractivity contribution is 9.10. The molecule has 0 saturated carbocycles. The molecule has 12 nitrogen and oxygen atoms in total. The number of aromatic nitrogens is 5. The third-order valence-electron chi connectivity index (χ3n) is 5.44. The van der Waals surface area contributed by atoms with Crippen LogP contribution >= 0.6 is 39.5 Å². The maximum atomic E-state index is 12.9. The van der Waals surface area contributed by atoms with Gasteiger partial charge < -0.3 is 15.5 Å². The van der Waals surface area contributed by atoms with Gasteiger partial charge in [-0.2, -0.15) is 0 Å². The van der Waals surface area contributed by atoms with Crippen molar-refractivity contribution in [1.29, 1.82) is 0 Å². The minimum atomic E-state index is -1.48. The normalized spacial score (nSPS) is 20.4. The van der Waals surface area contributed by atoms with Crippen molar-refractivity contribution in [3.63, 3.8) is 0 Å². The fraction of sp³-hybridized carbons (Fsp3) is 0.250. The van der Waals surface area contributed by atoms with Gasteiger partial charge in [-0.25, -0.2) is 4.79 Å². The third kappa shape index (κ3) is 4.39. The van der Waals surface area contributed by atoms with E-state index in [1.807, 2.05) is 0 Å². The minimum Gasteiger partial charge on any atom is -0.477 e. The Morgan fingerprint density at radius 2 is 2.09 bits per heavy atom. The Bertz CT molecular complexity index is 1380. The van der Waals surface area contributed by atoms with E-state index in [0.29, 0.717) is 37.8 Å². The van der Waals surface area contributed by atoms with Crippen LogP contribution in [-0.2, 0) is 14.4 Å². The van der Waals surface area contributed by atoms with Crippen LogP contribution in [0.1, 0.15) is 11.7 Å². The number of hydrogen-bond donors (Lipinski definition) is 3. The van der Waals surface area contributed by atoms with Gasteiger partial charge in [0.25, 0.3) is 11.8 Å². The lowest BCUT2D eigenvalue weighted by Gasteiger charge is -2.49. The predicted octanol–water partition coefficient (Wildman–Crippen LogP) is 0.846. The number of nitrogens with zero attached hydrogens (tertiary/aromatic N) is 6. The first-order chi connectivity index (χ1) is 16.8. The van der Waals surface area contributed by atoms with Gasteiger partial charge in [-0.05, 0) is 34.2 Å². The standard InChI is InChI=1S/C20H16BrN7O5S2/c21-11-4-2-1-3-10(11)16(29)17(30)22-14-18(31)27-15(20(32)33)9(8-35-19(14)27)7-34-13-6-5-12-23-25-26-28(12)24-13/h1-6,14,16,19,29H,7-8H2,(H,22,30)(H,32,33)/t14?,16?,19-/m0/s1. The molecule has 2 aromatic heterocycles. The van der Waals surface area contributed by atoms with E-state index in [-0.39, 0.29) is 5.70 Å². The van der Waals surface area contributed by atoms with Gasteiger partial charge in [-0.1, -0.05) is 34.1 Å². The molecule has 0 aliphatic carbocycles. The van der Waals surface area contributed by atoms with Gasteiger partial charge in [0.1, 0.15) is 22.1 Å². The van der Waals surface area contributed by atoms with E-state index in [9.17, 15) is 24.6 Å². The third-order valence-corrected chi connectivity index (χ3v) is 8.50. The van der Waals surface area contributed by atoms with Crippen LogP contribution in [0.4, 0.5) is 0 Å². The van der Waals surface area contributed by atoms with Gasteiger partial charge in [-0.3, -0.25) is 14.5 Å². The smallest absolute Gasteiger partial charge is 0.352 e. The van der Waals surface area contributed by atoms with Gasteiger partial charge in [0.2, 0.25) is 0 Å². The molecule has 2 aliphatic rings. The van der Waals surface area contributed by atoms with Crippen LogP contribution in [-0.4, -0.2) is 81.1 Å². The molecule has 1 aromatic carbocycles. The van der Waals surface area contributed by atoms with Crippen LogP contribution in [0.5, 0.6) is 0 Å². The number of aliphatic hydroxyl groups excluding tert-OH is 1. The first-order valence-electron chi connectivity index (χ1n) is 10.2. The van der Waals surface area contributed by atoms with E-state index in [0.717, 1.165) is 0 Å². The van der Waals surface area contributed by atoms with Gasteiger partial charge in [-0.15, -0.1) is 38.4 Å². The number of aliphatic hydroxyl groups is 1. The van der Waals surface area contributed by atoms with Crippen molar-refractivity contribution in [1.82, 2.24) is 35.5 Å². The van der Waals surface area contributed by atoms with Crippen molar-refractivity contribution in [2.24, 2.45) is 0 Å². The first kappa shape index (κ1) is 23.7. The van der Waals surface area contributed by atoms with Crippen molar-refractivity contribution in [2.75, 3.05) is 11.5 Å². The molecule has 0 bridgehead atoms. The van der Waals surface area contributed by atoms with E-state index >= 15 is 0 Å². The first-order valence-corrected chi connectivity index (χ1v) is 13.0. The summed E-state index contributed by atoms with van der Waals surface area (Å²) >= 11 is 5.95.